The van der Waals surface area contributed by atoms with Crippen LogP contribution in [0.25, 0.3) is 21.9 Å². The first-order valence-electron chi connectivity index (χ1n) is 13.2. The molecule has 0 aliphatic heterocycles. The standard InChI is InChI=1S/C31H33ClO5/c1-17(35-2)37-28-12-22-4-6-23(21-5-7-24(30(33)34)27(32)11-21)29(36-3)25(22)13-26(28)31-14-18-8-19(15-31)10-20(9-18)16-31/h4-7,11-13,17-20H,8-10,14-16H2,1-3H3,(H,33,34). The number of aromatic carboxylic acids is 1. The van der Waals surface area contributed by atoms with E-state index in [1.165, 1.54) is 44.1 Å². The van der Waals surface area contributed by atoms with Crippen molar-refractivity contribution < 1.29 is 24.1 Å². The maximum atomic E-state index is 11.5. The van der Waals surface area contributed by atoms with Gasteiger partial charge < -0.3 is 19.3 Å². The lowest BCUT2D eigenvalue weighted by atomic mass is 9.48. The van der Waals surface area contributed by atoms with Crippen LogP contribution >= 0.6 is 11.6 Å². The van der Waals surface area contributed by atoms with Crippen LogP contribution in [0.1, 0.15) is 61.4 Å². The van der Waals surface area contributed by atoms with E-state index in [2.05, 4.69) is 18.2 Å². The van der Waals surface area contributed by atoms with Gasteiger partial charge in [0.2, 0.25) is 0 Å². The summed E-state index contributed by atoms with van der Waals surface area (Å²) < 4.78 is 17.9. The molecule has 6 heteroatoms. The molecule has 1 atom stereocenters. The monoisotopic (exact) mass is 520 g/mol. The van der Waals surface area contributed by atoms with Crippen molar-refractivity contribution in [2.24, 2.45) is 17.8 Å². The zero-order chi connectivity index (χ0) is 25.9. The van der Waals surface area contributed by atoms with Gasteiger partial charge in [0.1, 0.15) is 11.5 Å². The molecular formula is C31H33ClO5. The van der Waals surface area contributed by atoms with Crippen molar-refractivity contribution in [3.8, 4) is 22.6 Å². The van der Waals surface area contributed by atoms with Gasteiger partial charge >= 0.3 is 5.97 Å². The van der Waals surface area contributed by atoms with Gasteiger partial charge in [0.25, 0.3) is 0 Å². The molecule has 37 heavy (non-hydrogen) atoms. The van der Waals surface area contributed by atoms with Crippen molar-refractivity contribution in [1.82, 2.24) is 0 Å². The highest BCUT2D eigenvalue weighted by Gasteiger charge is 2.52. The maximum Gasteiger partial charge on any atom is 0.337 e. The zero-order valence-electron chi connectivity index (χ0n) is 21.6. The number of hydrogen-bond acceptors (Lipinski definition) is 4. The van der Waals surface area contributed by atoms with E-state index in [0.717, 1.165) is 51.2 Å². The molecule has 4 aliphatic rings. The lowest BCUT2D eigenvalue weighted by molar-refractivity contribution is -0.0435. The topological polar surface area (TPSA) is 65.0 Å². The molecule has 3 aromatic rings. The van der Waals surface area contributed by atoms with Crippen LogP contribution in [0.5, 0.6) is 11.5 Å². The predicted molar refractivity (Wildman–Crippen MR) is 145 cm³/mol. The Labute approximate surface area is 222 Å². The number of benzene rings is 3. The molecule has 0 radical (unpaired) electrons. The second-order valence-electron chi connectivity index (χ2n) is 11.3. The number of ether oxygens (including phenoxy) is 3. The summed E-state index contributed by atoms with van der Waals surface area (Å²) in [6.45, 7) is 1.93. The average Bonchev–Trinajstić information content (AvgIpc) is 2.86. The highest BCUT2D eigenvalue weighted by molar-refractivity contribution is 6.33. The molecule has 1 unspecified atom stereocenters. The zero-order valence-corrected chi connectivity index (χ0v) is 22.3. The normalized spacial score (nSPS) is 26.9. The first-order chi connectivity index (χ1) is 17.8. The van der Waals surface area contributed by atoms with E-state index in [9.17, 15) is 9.90 Å². The first kappa shape index (κ1) is 24.6. The van der Waals surface area contributed by atoms with Crippen molar-refractivity contribution in [3.63, 3.8) is 0 Å². The minimum atomic E-state index is -1.04. The van der Waals surface area contributed by atoms with Crippen molar-refractivity contribution in [2.75, 3.05) is 14.2 Å². The van der Waals surface area contributed by atoms with Gasteiger partial charge in [0, 0.05) is 23.6 Å². The molecule has 5 nitrogen and oxygen atoms in total. The fourth-order valence-corrected chi connectivity index (χ4v) is 8.07. The van der Waals surface area contributed by atoms with Crippen LogP contribution in [0, 0.1) is 17.8 Å². The van der Waals surface area contributed by atoms with E-state index >= 15 is 0 Å². The highest BCUT2D eigenvalue weighted by Crippen LogP contribution is 2.62. The van der Waals surface area contributed by atoms with Gasteiger partial charge in [-0.3, -0.25) is 0 Å². The second kappa shape index (κ2) is 9.21. The third kappa shape index (κ3) is 4.17. The fraction of sp³-hybridized carbons (Fsp3) is 0.452. The fourth-order valence-electron chi connectivity index (χ4n) is 7.81. The molecule has 0 amide bonds. The number of carbonyl (C=O) groups is 1. The molecule has 4 bridgehead atoms. The van der Waals surface area contributed by atoms with E-state index in [0.29, 0.717) is 0 Å². The summed E-state index contributed by atoms with van der Waals surface area (Å²) in [5.74, 6) is 3.04. The summed E-state index contributed by atoms with van der Waals surface area (Å²) >= 11 is 6.32. The van der Waals surface area contributed by atoms with E-state index in [4.69, 9.17) is 25.8 Å². The van der Waals surface area contributed by atoms with Crippen LogP contribution in [0.15, 0.2) is 42.5 Å². The molecule has 4 fully saturated rings. The van der Waals surface area contributed by atoms with Crippen LogP contribution in [0.2, 0.25) is 5.02 Å². The molecule has 4 saturated carbocycles. The molecule has 0 heterocycles. The number of carboxylic acid groups (broad SMARTS) is 1. The van der Waals surface area contributed by atoms with Gasteiger partial charge in [0.15, 0.2) is 6.29 Å². The van der Waals surface area contributed by atoms with Crippen molar-refractivity contribution in [3.05, 3.63) is 58.6 Å². The first-order valence-corrected chi connectivity index (χ1v) is 13.6. The molecule has 0 saturated heterocycles. The van der Waals surface area contributed by atoms with Crippen LogP contribution in [0.4, 0.5) is 0 Å². The highest BCUT2D eigenvalue weighted by atomic mass is 35.5. The third-order valence-electron chi connectivity index (χ3n) is 9.02. The van der Waals surface area contributed by atoms with Crippen LogP contribution in [-0.4, -0.2) is 31.6 Å². The van der Waals surface area contributed by atoms with Gasteiger partial charge in [-0.2, -0.15) is 0 Å². The number of hydrogen-bond donors (Lipinski definition) is 1. The molecule has 1 N–H and O–H groups in total. The molecule has 0 aromatic heterocycles. The summed E-state index contributed by atoms with van der Waals surface area (Å²) in [4.78, 5) is 11.5. The lowest BCUT2D eigenvalue weighted by Gasteiger charge is -2.57. The van der Waals surface area contributed by atoms with Gasteiger partial charge in [-0.15, -0.1) is 0 Å². The van der Waals surface area contributed by atoms with Crippen molar-refractivity contribution >= 4 is 28.3 Å². The van der Waals surface area contributed by atoms with Gasteiger partial charge in [-0.05, 0) is 104 Å². The number of fused-ring (bicyclic) bond motifs is 1. The molecule has 7 rings (SSSR count). The molecule has 3 aromatic carbocycles. The average molecular weight is 521 g/mol. The van der Waals surface area contributed by atoms with E-state index in [-0.39, 0.29) is 22.3 Å². The Balaban J connectivity index is 1.53. The molecular weight excluding hydrogens is 488 g/mol. The Bertz CT molecular complexity index is 1340. The minimum Gasteiger partial charge on any atom is -0.495 e. The summed E-state index contributed by atoms with van der Waals surface area (Å²) in [5, 5.41) is 11.7. The van der Waals surface area contributed by atoms with Gasteiger partial charge in [-0.1, -0.05) is 29.8 Å². The van der Waals surface area contributed by atoms with E-state index in [1.54, 1.807) is 32.4 Å². The van der Waals surface area contributed by atoms with Crippen LogP contribution < -0.4 is 9.47 Å². The Morgan fingerprint density at radius 3 is 2.24 bits per heavy atom. The van der Waals surface area contributed by atoms with Crippen molar-refractivity contribution in [2.45, 2.75) is 57.2 Å². The third-order valence-corrected chi connectivity index (χ3v) is 9.33. The number of methoxy groups -OCH3 is 2. The molecule has 0 spiro atoms. The summed E-state index contributed by atoms with van der Waals surface area (Å²) in [6, 6.07) is 13.6. The quantitative estimate of drug-likeness (QED) is 0.323. The summed E-state index contributed by atoms with van der Waals surface area (Å²) in [6.07, 6.45) is 7.43. The predicted octanol–water partition coefficient (Wildman–Crippen LogP) is 7.71. The van der Waals surface area contributed by atoms with Crippen molar-refractivity contribution in [1.29, 1.82) is 0 Å². The largest absolute Gasteiger partial charge is 0.495 e. The SMILES string of the molecule is COc1c(-c2ccc(C(=O)O)c(Cl)c2)ccc2cc(OC(C)OC)c(C34CC5CC(CC(C5)C3)C4)cc12. The maximum absolute atomic E-state index is 11.5. The number of halogens is 1. The van der Waals surface area contributed by atoms with E-state index < -0.39 is 5.97 Å². The Morgan fingerprint density at radius 2 is 1.68 bits per heavy atom. The lowest BCUT2D eigenvalue weighted by Crippen LogP contribution is -2.48. The summed E-state index contributed by atoms with van der Waals surface area (Å²) in [5.41, 5.74) is 3.18. The van der Waals surface area contributed by atoms with E-state index in [1.807, 2.05) is 13.0 Å². The Morgan fingerprint density at radius 1 is 1.00 bits per heavy atom. The number of carboxylic acids is 1. The number of rotatable bonds is 7. The molecule has 194 valence electrons. The van der Waals surface area contributed by atoms with Crippen LogP contribution in [0.3, 0.4) is 0 Å². The minimum absolute atomic E-state index is 0.0864. The van der Waals surface area contributed by atoms with Gasteiger partial charge in [-0.25, -0.2) is 4.79 Å². The molecule has 4 aliphatic carbocycles. The Kier molecular flexibility index (Phi) is 6.12. The van der Waals surface area contributed by atoms with Crippen LogP contribution in [-0.2, 0) is 10.2 Å². The smallest absolute Gasteiger partial charge is 0.337 e. The van der Waals surface area contributed by atoms with Gasteiger partial charge in [0.05, 0.1) is 17.7 Å². The Hall–Kier alpha value is -2.76. The summed E-state index contributed by atoms with van der Waals surface area (Å²) in [7, 11) is 3.36. The second-order valence-corrected chi connectivity index (χ2v) is 11.7.